The van der Waals surface area contributed by atoms with Crippen LogP contribution in [0.5, 0.6) is 0 Å². The smallest absolute Gasteiger partial charge is 0.302 e. The highest BCUT2D eigenvalue weighted by atomic mass is 16.5. The van der Waals surface area contributed by atoms with Crippen molar-refractivity contribution in [3.8, 4) is 0 Å². The third-order valence-corrected chi connectivity index (χ3v) is 2.18. The molecule has 102 valence electrons. The predicted molar refractivity (Wildman–Crippen MR) is 76.8 cm³/mol. The van der Waals surface area contributed by atoms with Crippen LogP contribution in [0.4, 0.5) is 5.69 Å². The summed E-state index contributed by atoms with van der Waals surface area (Å²) < 4.78 is 4.94. The maximum absolute atomic E-state index is 10.7. The Kier molecular flexibility index (Phi) is 7.84. The number of carbonyl (C=O) groups excluding carboxylic acids is 1. The Labute approximate surface area is 111 Å². The van der Waals surface area contributed by atoms with Crippen LogP contribution in [0.1, 0.15) is 45.7 Å². The Balaban J connectivity index is 0.00000137. The van der Waals surface area contributed by atoms with Gasteiger partial charge in [-0.1, -0.05) is 26.0 Å². The quantitative estimate of drug-likeness (QED) is 0.825. The van der Waals surface area contributed by atoms with Crippen molar-refractivity contribution < 1.29 is 9.53 Å². The number of hydrogen-bond acceptors (Lipinski definition) is 3. The zero-order valence-corrected chi connectivity index (χ0v) is 12.3. The molecule has 18 heavy (non-hydrogen) atoms. The Morgan fingerprint density at radius 1 is 1.33 bits per heavy atom. The summed E-state index contributed by atoms with van der Waals surface area (Å²) in [6, 6.07) is 6.45. The molecule has 0 aliphatic heterocycles. The number of benzene rings is 1. The number of anilines is 1. The number of esters is 1. The maximum atomic E-state index is 10.7. The average molecular weight is 251 g/mol. The lowest BCUT2D eigenvalue weighted by Gasteiger charge is -2.13. The van der Waals surface area contributed by atoms with E-state index < -0.39 is 0 Å². The van der Waals surface area contributed by atoms with Crippen molar-refractivity contribution in [1.29, 1.82) is 0 Å². The van der Waals surface area contributed by atoms with Crippen molar-refractivity contribution in [1.82, 2.24) is 0 Å². The Morgan fingerprint density at radius 2 is 1.94 bits per heavy atom. The summed E-state index contributed by atoms with van der Waals surface area (Å²) in [5, 5.41) is 3.36. The zero-order chi connectivity index (χ0) is 14.1. The third kappa shape index (κ3) is 6.28. The third-order valence-electron chi connectivity index (χ3n) is 2.18. The van der Waals surface area contributed by atoms with Gasteiger partial charge in [0.15, 0.2) is 0 Å². The minimum atomic E-state index is -0.248. The summed E-state index contributed by atoms with van der Waals surface area (Å²) in [4.78, 5) is 10.7. The van der Waals surface area contributed by atoms with Crippen LogP contribution in [0, 0.1) is 6.92 Å². The first-order valence-corrected chi connectivity index (χ1v) is 6.48. The minimum absolute atomic E-state index is 0.248. The van der Waals surface area contributed by atoms with Crippen molar-refractivity contribution >= 4 is 11.7 Å². The molecule has 0 radical (unpaired) electrons. The van der Waals surface area contributed by atoms with E-state index in [1.165, 1.54) is 12.5 Å². The van der Waals surface area contributed by atoms with E-state index >= 15 is 0 Å². The maximum Gasteiger partial charge on any atom is 0.302 e. The second kappa shape index (κ2) is 8.56. The first-order chi connectivity index (χ1) is 8.49. The molecule has 0 saturated heterocycles. The van der Waals surface area contributed by atoms with E-state index in [2.05, 4.69) is 19.2 Å². The van der Waals surface area contributed by atoms with E-state index in [-0.39, 0.29) is 5.97 Å². The molecule has 0 amide bonds. The fourth-order valence-corrected chi connectivity index (χ4v) is 1.47. The fraction of sp³-hybridized carbons (Fsp3) is 0.533. The zero-order valence-electron chi connectivity index (χ0n) is 12.3. The van der Waals surface area contributed by atoms with E-state index in [1.54, 1.807) is 0 Å². The van der Waals surface area contributed by atoms with E-state index in [9.17, 15) is 4.79 Å². The molecule has 1 aromatic rings. The molecule has 0 aliphatic carbocycles. The van der Waals surface area contributed by atoms with Crippen LogP contribution in [0.25, 0.3) is 0 Å². The minimum Gasteiger partial charge on any atom is -0.461 e. The van der Waals surface area contributed by atoms with Crippen molar-refractivity contribution in [3.05, 3.63) is 29.3 Å². The SMILES string of the molecule is CC.CC(=O)OCc1ccc(NC(C)C)c(C)c1. The molecule has 0 unspecified atom stereocenters. The highest BCUT2D eigenvalue weighted by Gasteiger charge is 2.02. The molecule has 0 atom stereocenters. The van der Waals surface area contributed by atoms with E-state index in [4.69, 9.17) is 4.74 Å². The lowest BCUT2D eigenvalue weighted by molar-refractivity contribution is -0.142. The molecular formula is C15H25NO2. The van der Waals surface area contributed by atoms with Gasteiger partial charge in [-0.25, -0.2) is 0 Å². The number of carbonyl (C=O) groups is 1. The fourth-order valence-electron chi connectivity index (χ4n) is 1.47. The molecule has 3 nitrogen and oxygen atoms in total. The second-order valence-corrected chi connectivity index (χ2v) is 4.23. The molecular weight excluding hydrogens is 226 g/mol. The van der Waals surface area contributed by atoms with Crippen molar-refractivity contribution in [3.63, 3.8) is 0 Å². The van der Waals surface area contributed by atoms with E-state index in [1.807, 2.05) is 39.0 Å². The Bertz CT molecular complexity index is 373. The van der Waals surface area contributed by atoms with Gasteiger partial charge >= 0.3 is 5.97 Å². The summed E-state index contributed by atoms with van der Waals surface area (Å²) in [6.07, 6.45) is 0. The lowest BCUT2D eigenvalue weighted by atomic mass is 10.1. The molecule has 0 heterocycles. The highest BCUT2D eigenvalue weighted by Crippen LogP contribution is 2.17. The summed E-state index contributed by atoms with van der Waals surface area (Å²) >= 11 is 0. The standard InChI is InChI=1S/C13H19NO2.C2H6/c1-9(2)14-13-6-5-12(7-10(13)3)8-16-11(4)15;1-2/h5-7,9,14H,8H2,1-4H3;1-2H3. The lowest BCUT2D eigenvalue weighted by Crippen LogP contribution is -2.10. The average Bonchev–Trinajstić information content (AvgIpc) is 2.32. The second-order valence-electron chi connectivity index (χ2n) is 4.23. The van der Waals surface area contributed by atoms with Crippen LogP contribution < -0.4 is 5.32 Å². The van der Waals surface area contributed by atoms with Crippen LogP contribution in [0.3, 0.4) is 0 Å². The number of hydrogen-bond donors (Lipinski definition) is 1. The van der Waals surface area contributed by atoms with Gasteiger partial charge in [0.1, 0.15) is 6.61 Å². The molecule has 1 rings (SSSR count). The first-order valence-electron chi connectivity index (χ1n) is 6.48. The highest BCUT2D eigenvalue weighted by molar-refractivity contribution is 5.66. The molecule has 0 saturated carbocycles. The number of nitrogens with one attached hydrogen (secondary N) is 1. The molecule has 0 fully saturated rings. The number of rotatable bonds is 4. The van der Waals surface area contributed by atoms with E-state index in [0.29, 0.717) is 12.6 Å². The molecule has 1 aromatic carbocycles. The van der Waals surface area contributed by atoms with Crippen LogP contribution in [-0.2, 0) is 16.1 Å². The van der Waals surface area contributed by atoms with Gasteiger partial charge in [-0.3, -0.25) is 4.79 Å². The van der Waals surface area contributed by atoms with Gasteiger partial charge in [0.25, 0.3) is 0 Å². The van der Waals surface area contributed by atoms with Gasteiger partial charge in [0, 0.05) is 18.7 Å². The predicted octanol–water partition coefficient (Wildman–Crippen LogP) is 3.90. The Hall–Kier alpha value is -1.51. The van der Waals surface area contributed by atoms with Gasteiger partial charge in [-0.05, 0) is 38.0 Å². The number of ether oxygens (including phenoxy) is 1. The summed E-state index contributed by atoms with van der Waals surface area (Å²) in [7, 11) is 0. The number of aryl methyl sites for hydroxylation is 1. The van der Waals surface area contributed by atoms with Gasteiger partial charge in [0.05, 0.1) is 0 Å². The molecule has 0 aliphatic rings. The van der Waals surface area contributed by atoms with Crippen LogP contribution in [0.15, 0.2) is 18.2 Å². The summed E-state index contributed by atoms with van der Waals surface area (Å²) in [6.45, 7) is 12.0. The van der Waals surface area contributed by atoms with Gasteiger partial charge in [-0.15, -0.1) is 0 Å². The van der Waals surface area contributed by atoms with Gasteiger partial charge < -0.3 is 10.1 Å². The molecule has 0 bridgehead atoms. The van der Waals surface area contributed by atoms with Crippen LogP contribution in [-0.4, -0.2) is 12.0 Å². The molecule has 0 spiro atoms. The monoisotopic (exact) mass is 251 g/mol. The Morgan fingerprint density at radius 3 is 2.39 bits per heavy atom. The van der Waals surface area contributed by atoms with Crippen molar-refractivity contribution in [2.24, 2.45) is 0 Å². The largest absolute Gasteiger partial charge is 0.461 e. The van der Waals surface area contributed by atoms with Crippen LogP contribution in [0.2, 0.25) is 0 Å². The van der Waals surface area contributed by atoms with Crippen molar-refractivity contribution in [2.45, 2.75) is 54.2 Å². The topological polar surface area (TPSA) is 38.3 Å². The molecule has 1 N–H and O–H groups in total. The normalized spacial score (nSPS) is 9.50. The van der Waals surface area contributed by atoms with Crippen LogP contribution >= 0.6 is 0 Å². The van der Waals surface area contributed by atoms with E-state index in [0.717, 1.165) is 11.3 Å². The molecule has 3 heteroatoms. The first kappa shape index (κ1) is 16.5. The molecule has 0 aromatic heterocycles. The summed E-state index contributed by atoms with van der Waals surface area (Å²) in [5.41, 5.74) is 3.31. The van der Waals surface area contributed by atoms with Gasteiger partial charge in [-0.2, -0.15) is 0 Å². The van der Waals surface area contributed by atoms with Gasteiger partial charge in [0.2, 0.25) is 0 Å². The summed E-state index contributed by atoms with van der Waals surface area (Å²) in [5.74, 6) is -0.248. The van der Waals surface area contributed by atoms with Crippen molar-refractivity contribution in [2.75, 3.05) is 5.32 Å².